The van der Waals surface area contributed by atoms with Gasteiger partial charge in [0, 0.05) is 37.5 Å². The van der Waals surface area contributed by atoms with Crippen LogP contribution in [0, 0.1) is 0 Å². The predicted octanol–water partition coefficient (Wildman–Crippen LogP) is 3.06. The topological polar surface area (TPSA) is 43.0 Å². The van der Waals surface area contributed by atoms with Crippen molar-refractivity contribution >= 4 is 15.9 Å². The molecule has 0 radical (unpaired) electrons. The van der Waals surface area contributed by atoms with Crippen molar-refractivity contribution in [2.45, 2.75) is 25.8 Å². The van der Waals surface area contributed by atoms with Gasteiger partial charge in [-0.2, -0.15) is 0 Å². The molecule has 0 aliphatic rings. The summed E-state index contributed by atoms with van der Waals surface area (Å²) in [6, 6.07) is 2.30. The van der Waals surface area contributed by atoms with Gasteiger partial charge in [0.1, 0.15) is 5.82 Å². The lowest BCUT2D eigenvalue weighted by atomic mass is 10.0. The number of hydrogen-bond donors (Lipinski definition) is 1. The molecule has 0 aliphatic carbocycles. The lowest BCUT2D eigenvalue weighted by molar-refractivity contribution is 0.483. The van der Waals surface area contributed by atoms with Crippen molar-refractivity contribution in [3.8, 4) is 0 Å². The van der Waals surface area contributed by atoms with Crippen molar-refractivity contribution in [2.24, 2.45) is 7.05 Å². The Bertz CT molecular complexity index is 492. The van der Waals surface area contributed by atoms with Crippen LogP contribution in [-0.4, -0.2) is 16.1 Å². The number of nitrogens with zero attached hydrogens (tertiary/aromatic N) is 2. The van der Waals surface area contributed by atoms with E-state index < -0.39 is 0 Å². The Morgan fingerprint density at radius 1 is 1.56 bits per heavy atom. The van der Waals surface area contributed by atoms with E-state index in [0.29, 0.717) is 6.04 Å². The van der Waals surface area contributed by atoms with E-state index in [1.54, 1.807) is 6.26 Å². The highest BCUT2D eigenvalue weighted by molar-refractivity contribution is 9.10. The summed E-state index contributed by atoms with van der Waals surface area (Å²) in [6.07, 6.45) is 7.47. The molecule has 98 valence electrons. The molecule has 2 aromatic rings. The van der Waals surface area contributed by atoms with Crippen LogP contribution in [0.5, 0.6) is 0 Å². The average molecular weight is 312 g/mol. The highest BCUT2D eigenvalue weighted by Crippen LogP contribution is 2.27. The van der Waals surface area contributed by atoms with Crippen LogP contribution in [-0.2, 0) is 13.5 Å². The van der Waals surface area contributed by atoms with Crippen LogP contribution in [0.25, 0.3) is 0 Å². The number of aromatic nitrogens is 2. The molecule has 2 rings (SSSR count). The second-order valence-electron chi connectivity index (χ2n) is 4.25. The Kier molecular flexibility index (Phi) is 4.60. The molecule has 1 unspecified atom stereocenters. The highest BCUT2D eigenvalue weighted by Gasteiger charge is 2.16. The third-order valence-electron chi connectivity index (χ3n) is 3.05. The van der Waals surface area contributed by atoms with Crippen molar-refractivity contribution in [1.82, 2.24) is 14.9 Å². The first-order chi connectivity index (χ1) is 8.72. The zero-order valence-electron chi connectivity index (χ0n) is 10.7. The number of nitrogens with one attached hydrogen (secondary N) is 1. The normalized spacial score (nSPS) is 12.8. The van der Waals surface area contributed by atoms with E-state index in [-0.39, 0.29) is 0 Å². The van der Waals surface area contributed by atoms with Gasteiger partial charge in [-0.25, -0.2) is 4.98 Å². The summed E-state index contributed by atoms with van der Waals surface area (Å²) >= 11 is 3.44. The third-order valence-corrected chi connectivity index (χ3v) is 3.69. The highest BCUT2D eigenvalue weighted by atomic mass is 79.9. The first-order valence-corrected chi connectivity index (χ1v) is 6.94. The third kappa shape index (κ3) is 3.03. The van der Waals surface area contributed by atoms with Crippen molar-refractivity contribution in [3.05, 3.63) is 40.8 Å². The summed E-state index contributed by atoms with van der Waals surface area (Å²) < 4.78 is 8.18. The molecule has 2 aromatic heterocycles. The summed E-state index contributed by atoms with van der Waals surface area (Å²) in [5.74, 6) is 1.11. The quantitative estimate of drug-likeness (QED) is 0.891. The zero-order chi connectivity index (χ0) is 13.0. The first-order valence-electron chi connectivity index (χ1n) is 6.14. The molecule has 0 fully saturated rings. The van der Waals surface area contributed by atoms with Crippen LogP contribution in [0.4, 0.5) is 0 Å². The van der Waals surface area contributed by atoms with Crippen LogP contribution in [0.2, 0.25) is 0 Å². The molecular formula is C13H18BrN3O. The molecular weight excluding hydrogens is 294 g/mol. The first kappa shape index (κ1) is 13.4. The summed E-state index contributed by atoms with van der Waals surface area (Å²) in [5.41, 5.74) is 1.17. The largest absolute Gasteiger partial charge is 0.457 e. The van der Waals surface area contributed by atoms with Gasteiger partial charge in [0.25, 0.3) is 0 Å². The standard InChI is InChI=1S/C13H18BrN3O/c1-3-15-11(10-6-9-18-13(10)14)4-5-12-16-7-8-17(12)2/h6-9,11,15H,3-5H2,1-2H3. The maximum absolute atomic E-state index is 5.31. The summed E-state index contributed by atoms with van der Waals surface area (Å²) in [6.45, 7) is 3.05. The predicted molar refractivity (Wildman–Crippen MR) is 74.4 cm³/mol. The van der Waals surface area contributed by atoms with Gasteiger partial charge in [-0.15, -0.1) is 0 Å². The van der Waals surface area contributed by atoms with Crippen molar-refractivity contribution in [1.29, 1.82) is 0 Å². The summed E-state index contributed by atoms with van der Waals surface area (Å²) in [7, 11) is 2.03. The van der Waals surface area contributed by atoms with Gasteiger partial charge in [0.2, 0.25) is 0 Å². The van der Waals surface area contributed by atoms with Crippen molar-refractivity contribution < 1.29 is 4.42 Å². The number of furan rings is 1. The minimum Gasteiger partial charge on any atom is -0.457 e. The van der Waals surface area contributed by atoms with Gasteiger partial charge in [0.05, 0.1) is 6.26 Å². The molecule has 0 amide bonds. The minimum atomic E-state index is 0.292. The number of hydrogen-bond acceptors (Lipinski definition) is 3. The van der Waals surface area contributed by atoms with Gasteiger partial charge in [-0.3, -0.25) is 0 Å². The van der Waals surface area contributed by atoms with E-state index in [9.17, 15) is 0 Å². The van der Waals surface area contributed by atoms with Gasteiger partial charge >= 0.3 is 0 Å². The second-order valence-corrected chi connectivity index (χ2v) is 4.97. The smallest absolute Gasteiger partial charge is 0.173 e. The molecule has 0 spiro atoms. The zero-order valence-corrected chi connectivity index (χ0v) is 12.3. The van der Waals surface area contributed by atoms with Crippen LogP contribution in [0.15, 0.2) is 33.8 Å². The maximum Gasteiger partial charge on any atom is 0.173 e. The number of rotatable bonds is 6. The maximum atomic E-state index is 5.31. The van der Waals surface area contributed by atoms with E-state index >= 15 is 0 Å². The van der Waals surface area contributed by atoms with Crippen molar-refractivity contribution in [2.75, 3.05) is 6.54 Å². The van der Waals surface area contributed by atoms with Crippen LogP contribution in [0.1, 0.15) is 30.8 Å². The minimum absolute atomic E-state index is 0.292. The lowest BCUT2D eigenvalue weighted by Crippen LogP contribution is -2.21. The number of imidazole rings is 1. The molecule has 0 saturated carbocycles. The van der Waals surface area contributed by atoms with E-state index in [4.69, 9.17) is 4.42 Å². The fourth-order valence-electron chi connectivity index (χ4n) is 2.08. The molecule has 4 nitrogen and oxygen atoms in total. The molecule has 5 heteroatoms. The second kappa shape index (κ2) is 6.20. The Balaban J connectivity index is 2.03. The summed E-state index contributed by atoms with van der Waals surface area (Å²) in [4.78, 5) is 4.35. The summed E-state index contributed by atoms with van der Waals surface area (Å²) in [5, 5.41) is 3.48. The van der Waals surface area contributed by atoms with Gasteiger partial charge < -0.3 is 14.3 Å². The molecule has 0 saturated heterocycles. The van der Waals surface area contributed by atoms with Crippen LogP contribution in [0.3, 0.4) is 0 Å². The van der Waals surface area contributed by atoms with E-state index in [1.165, 1.54) is 5.56 Å². The van der Waals surface area contributed by atoms with Crippen LogP contribution >= 0.6 is 15.9 Å². The van der Waals surface area contributed by atoms with E-state index in [0.717, 1.165) is 29.9 Å². The molecule has 0 aliphatic heterocycles. The fourth-order valence-corrected chi connectivity index (χ4v) is 2.59. The molecule has 1 N–H and O–H groups in total. The van der Waals surface area contributed by atoms with E-state index in [2.05, 4.69) is 37.7 Å². The Morgan fingerprint density at radius 2 is 2.39 bits per heavy atom. The molecule has 0 bridgehead atoms. The van der Waals surface area contributed by atoms with Gasteiger partial charge in [-0.1, -0.05) is 6.92 Å². The van der Waals surface area contributed by atoms with Gasteiger partial charge in [0.15, 0.2) is 4.67 Å². The van der Waals surface area contributed by atoms with E-state index in [1.807, 2.05) is 25.5 Å². The Hall–Kier alpha value is -1.07. The monoisotopic (exact) mass is 311 g/mol. The Labute approximate surface area is 116 Å². The Morgan fingerprint density at radius 3 is 2.94 bits per heavy atom. The molecule has 1 atom stereocenters. The molecule has 0 aromatic carbocycles. The number of halogens is 1. The van der Waals surface area contributed by atoms with Gasteiger partial charge in [-0.05, 0) is 35.0 Å². The molecule has 18 heavy (non-hydrogen) atoms. The lowest BCUT2D eigenvalue weighted by Gasteiger charge is -2.16. The number of aryl methyl sites for hydroxylation is 2. The average Bonchev–Trinajstić information content (AvgIpc) is 2.94. The van der Waals surface area contributed by atoms with Crippen molar-refractivity contribution in [3.63, 3.8) is 0 Å². The fraction of sp³-hybridized carbons (Fsp3) is 0.462. The molecule has 2 heterocycles. The van der Waals surface area contributed by atoms with Crippen LogP contribution < -0.4 is 5.32 Å². The SMILES string of the molecule is CCNC(CCc1nccn1C)c1ccoc1Br.